The maximum atomic E-state index is 13.1. The van der Waals surface area contributed by atoms with Crippen LogP contribution in [0.2, 0.25) is 0 Å². The van der Waals surface area contributed by atoms with Gasteiger partial charge in [0.05, 0.1) is 10.5 Å². The maximum Gasteiger partial charge on any atom is 0.338 e. The van der Waals surface area contributed by atoms with E-state index in [9.17, 15) is 17.6 Å². The molecule has 0 saturated carbocycles. The quantitative estimate of drug-likeness (QED) is 0.786. The fraction of sp³-hybridized carbons (Fsp3) is 0.188. The molecule has 0 saturated heterocycles. The Labute approximate surface area is 134 Å². The second-order valence-electron chi connectivity index (χ2n) is 5.02. The Bertz CT molecular complexity index is 818. The summed E-state index contributed by atoms with van der Waals surface area (Å²) in [6, 6.07) is 11.3. The molecular weight excluding hydrogens is 321 g/mol. The molecule has 0 aliphatic carbocycles. The summed E-state index contributed by atoms with van der Waals surface area (Å²) < 4.78 is 43.3. The minimum absolute atomic E-state index is 0.00251. The average molecular weight is 337 g/mol. The smallest absolute Gasteiger partial charge is 0.338 e. The lowest BCUT2D eigenvalue weighted by Gasteiger charge is -2.12. The molecule has 23 heavy (non-hydrogen) atoms. The minimum atomic E-state index is -3.63. The predicted octanol–water partition coefficient (Wildman–Crippen LogP) is 2.43. The van der Waals surface area contributed by atoms with Crippen molar-refractivity contribution in [3.63, 3.8) is 0 Å². The highest BCUT2D eigenvalue weighted by atomic mass is 32.2. The van der Waals surface area contributed by atoms with Crippen LogP contribution in [0.4, 0.5) is 4.39 Å². The Morgan fingerprint density at radius 2 is 1.83 bits per heavy atom. The SMILES string of the molecule is CN(C)S(=O)(=O)c1cccc(C(=O)OCc2cccc(F)c2)c1. The van der Waals surface area contributed by atoms with Crippen LogP contribution in [-0.2, 0) is 21.4 Å². The number of halogens is 1. The van der Waals surface area contributed by atoms with Crippen molar-refractivity contribution in [2.75, 3.05) is 14.1 Å². The van der Waals surface area contributed by atoms with Crippen molar-refractivity contribution in [2.45, 2.75) is 11.5 Å². The predicted molar refractivity (Wildman–Crippen MR) is 82.8 cm³/mol. The molecule has 0 radical (unpaired) electrons. The summed E-state index contributed by atoms with van der Waals surface area (Å²) in [4.78, 5) is 12.0. The lowest BCUT2D eigenvalue weighted by atomic mass is 10.2. The van der Waals surface area contributed by atoms with Gasteiger partial charge in [0, 0.05) is 14.1 Å². The van der Waals surface area contributed by atoms with Gasteiger partial charge in [0.2, 0.25) is 10.0 Å². The van der Waals surface area contributed by atoms with Crippen LogP contribution in [0.1, 0.15) is 15.9 Å². The van der Waals surface area contributed by atoms with Gasteiger partial charge in [-0.05, 0) is 35.9 Å². The van der Waals surface area contributed by atoms with E-state index in [1.54, 1.807) is 6.07 Å². The molecule has 0 unspecified atom stereocenters. The number of carbonyl (C=O) groups is 1. The normalized spacial score (nSPS) is 11.5. The molecule has 0 aromatic heterocycles. The van der Waals surface area contributed by atoms with E-state index in [-0.39, 0.29) is 17.1 Å². The van der Waals surface area contributed by atoms with Gasteiger partial charge < -0.3 is 4.74 Å². The van der Waals surface area contributed by atoms with Gasteiger partial charge in [-0.2, -0.15) is 0 Å². The van der Waals surface area contributed by atoms with E-state index in [0.717, 1.165) is 4.31 Å². The van der Waals surface area contributed by atoms with E-state index in [2.05, 4.69) is 0 Å². The number of nitrogens with zero attached hydrogens (tertiary/aromatic N) is 1. The molecule has 7 heteroatoms. The largest absolute Gasteiger partial charge is 0.457 e. The third-order valence-electron chi connectivity index (χ3n) is 3.11. The monoisotopic (exact) mass is 337 g/mol. The molecule has 0 N–H and O–H groups in total. The van der Waals surface area contributed by atoms with E-state index in [1.807, 2.05) is 0 Å². The summed E-state index contributed by atoms with van der Waals surface area (Å²) in [6.45, 7) is -0.0960. The first kappa shape index (κ1) is 17.1. The van der Waals surface area contributed by atoms with Crippen molar-refractivity contribution in [1.82, 2.24) is 4.31 Å². The van der Waals surface area contributed by atoms with Gasteiger partial charge in [-0.1, -0.05) is 18.2 Å². The molecular formula is C16H16FNO4S. The fourth-order valence-corrected chi connectivity index (χ4v) is 2.80. The zero-order valence-electron chi connectivity index (χ0n) is 12.7. The van der Waals surface area contributed by atoms with Crippen LogP contribution in [0.15, 0.2) is 53.4 Å². The fourth-order valence-electron chi connectivity index (χ4n) is 1.85. The molecule has 0 amide bonds. The van der Waals surface area contributed by atoms with E-state index in [1.165, 1.54) is 56.6 Å². The summed E-state index contributed by atoms with van der Waals surface area (Å²) in [5.41, 5.74) is 0.625. The van der Waals surface area contributed by atoms with Crippen molar-refractivity contribution in [3.05, 3.63) is 65.5 Å². The van der Waals surface area contributed by atoms with Gasteiger partial charge in [-0.3, -0.25) is 0 Å². The molecule has 0 aliphatic heterocycles. The second-order valence-corrected chi connectivity index (χ2v) is 7.17. The number of rotatable bonds is 5. The van der Waals surface area contributed by atoms with Crippen molar-refractivity contribution in [1.29, 1.82) is 0 Å². The van der Waals surface area contributed by atoms with Gasteiger partial charge in [-0.25, -0.2) is 21.9 Å². The van der Waals surface area contributed by atoms with Crippen molar-refractivity contribution < 1.29 is 22.3 Å². The third kappa shape index (κ3) is 4.14. The first-order valence-electron chi connectivity index (χ1n) is 6.75. The Morgan fingerprint density at radius 3 is 2.48 bits per heavy atom. The van der Waals surface area contributed by atoms with E-state index < -0.39 is 21.8 Å². The van der Waals surface area contributed by atoms with Crippen LogP contribution in [0.3, 0.4) is 0 Å². The molecule has 0 spiro atoms. The molecule has 5 nitrogen and oxygen atoms in total. The molecule has 0 atom stereocenters. The summed E-state index contributed by atoms with van der Waals surface area (Å²) in [7, 11) is -0.816. The minimum Gasteiger partial charge on any atom is -0.457 e. The number of carbonyl (C=O) groups excluding carboxylic acids is 1. The Morgan fingerprint density at radius 1 is 1.13 bits per heavy atom. The summed E-state index contributed by atoms with van der Waals surface area (Å²) >= 11 is 0. The lowest BCUT2D eigenvalue weighted by Crippen LogP contribution is -2.22. The third-order valence-corrected chi connectivity index (χ3v) is 4.92. The van der Waals surface area contributed by atoms with Crippen LogP contribution in [0.25, 0.3) is 0 Å². The maximum absolute atomic E-state index is 13.1. The Kier molecular flexibility index (Phi) is 5.12. The van der Waals surface area contributed by atoms with Gasteiger partial charge in [0.1, 0.15) is 12.4 Å². The topological polar surface area (TPSA) is 63.7 Å². The van der Waals surface area contributed by atoms with Crippen molar-refractivity contribution in [3.8, 4) is 0 Å². The molecule has 2 rings (SSSR count). The van der Waals surface area contributed by atoms with Gasteiger partial charge >= 0.3 is 5.97 Å². The number of sulfonamides is 1. The van der Waals surface area contributed by atoms with Crippen LogP contribution in [0, 0.1) is 5.82 Å². The molecule has 0 aliphatic rings. The summed E-state index contributed by atoms with van der Waals surface area (Å²) in [6.07, 6.45) is 0. The first-order valence-corrected chi connectivity index (χ1v) is 8.19. The second kappa shape index (κ2) is 6.89. The zero-order chi connectivity index (χ0) is 17.0. The Balaban J connectivity index is 2.14. The lowest BCUT2D eigenvalue weighted by molar-refractivity contribution is 0.0472. The van der Waals surface area contributed by atoms with E-state index >= 15 is 0 Å². The zero-order valence-corrected chi connectivity index (χ0v) is 13.5. The number of benzene rings is 2. The van der Waals surface area contributed by atoms with Gasteiger partial charge in [-0.15, -0.1) is 0 Å². The van der Waals surface area contributed by atoms with Crippen LogP contribution < -0.4 is 0 Å². The molecule has 122 valence electrons. The standard InChI is InChI=1S/C16H16FNO4S/c1-18(2)23(20,21)15-8-4-6-13(10-15)16(19)22-11-12-5-3-7-14(17)9-12/h3-10H,11H2,1-2H3. The highest BCUT2D eigenvalue weighted by Gasteiger charge is 2.19. The molecule has 0 heterocycles. The van der Waals surface area contributed by atoms with E-state index in [0.29, 0.717) is 5.56 Å². The van der Waals surface area contributed by atoms with Gasteiger partial charge in [0.15, 0.2) is 0 Å². The highest BCUT2D eigenvalue weighted by molar-refractivity contribution is 7.89. The van der Waals surface area contributed by atoms with Crippen molar-refractivity contribution in [2.24, 2.45) is 0 Å². The van der Waals surface area contributed by atoms with E-state index in [4.69, 9.17) is 4.74 Å². The average Bonchev–Trinajstić information content (AvgIpc) is 2.52. The Hall–Kier alpha value is -2.25. The molecule has 2 aromatic rings. The molecule has 0 fully saturated rings. The highest BCUT2D eigenvalue weighted by Crippen LogP contribution is 2.16. The number of ether oxygens (including phenoxy) is 1. The van der Waals surface area contributed by atoms with Crippen LogP contribution in [0.5, 0.6) is 0 Å². The number of esters is 1. The number of hydrogen-bond acceptors (Lipinski definition) is 4. The van der Waals surface area contributed by atoms with Crippen LogP contribution >= 0.6 is 0 Å². The summed E-state index contributed by atoms with van der Waals surface area (Å²) in [5.74, 6) is -1.09. The first-order chi connectivity index (χ1) is 10.8. The summed E-state index contributed by atoms with van der Waals surface area (Å²) in [5, 5.41) is 0. The van der Waals surface area contributed by atoms with Crippen LogP contribution in [-0.4, -0.2) is 32.8 Å². The van der Waals surface area contributed by atoms with Crippen molar-refractivity contribution >= 4 is 16.0 Å². The van der Waals surface area contributed by atoms with Gasteiger partial charge in [0.25, 0.3) is 0 Å². The molecule has 0 bridgehead atoms. The number of hydrogen-bond donors (Lipinski definition) is 0. The molecule has 2 aromatic carbocycles.